The lowest BCUT2D eigenvalue weighted by Crippen LogP contribution is -2.30. The fourth-order valence-electron chi connectivity index (χ4n) is 2.20. The fourth-order valence-corrected chi connectivity index (χ4v) is 2.20. The van der Waals surface area contributed by atoms with Crippen LogP contribution in [-0.4, -0.2) is 19.4 Å². The first-order chi connectivity index (χ1) is 7.36. The number of nitrogens with zero attached hydrogens (tertiary/aromatic N) is 1. The van der Waals surface area contributed by atoms with Gasteiger partial charge in [0.2, 0.25) is 0 Å². The summed E-state index contributed by atoms with van der Waals surface area (Å²) >= 11 is 0. The second-order valence-corrected chi connectivity index (χ2v) is 3.81. The second kappa shape index (κ2) is 4.30. The highest BCUT2D eigenvalue weighted by Crippen LogP contribution is 2.29. The summed E-state index contributed by atoms with van der Waals surface area (Å²) < 4.78 is 0. The molecule has 0 bridgehead atoms. The number of carbonyl (C=O) groups excluding carboxylic acids is 1. The molecule has 0 unspecified atom stereocenters. The van der Waals surface area contributed by atoms with Crippen LogP contribution in [0.25, 0.3) is 0 Å². The molecule has 78 valence electrons. The molecule has 2 nitrogen and oxygen atoms in total. The molecule has 0 radical (unpaired) electrons. The Labute approximate surface area is 90.2 Å². The van der Waals surface area contributed by atoms with Crippen LogP contribution in [0.4, 0.5) is 5.69 Å². The molecular weight excluding hydrogens is 186 g/mol. The van der Waals surface area contributed by atoms with Crippen LogP contribution in [0.2, 0.25) is 0 Å². The third kappa shape index (κ3) is 1.80. The molecular formula is C13H15NO. The molecule has 0 aromatic heterocycles. The van der Waals surface area contributed by atoms with Crippen molar-refractivity contribution < 1.29 is 4.79 Å². The minimum atomic E-state index is 0.800. The highest BCUT2D eigenvalue weighted by Gasteiger charge is 2.18. The van der Waals surface area contributed by atoms with Crippen molar-refractivity contribution in [1.29, 1.82) is 0 Å². The zero-order valence-corrected chi connectivity index (χ0v) is 8.78. The monoisotopic (exact) mass is 201 g/mol. The number of hydrogen-bond acceptors (Lipinski definition) is 2. The molecule has 0 amide bonds. The summed E-state index contributed by atoms with van der Waals surface area (Å²) in [5, 5.41) is 0. The van der Waals surface area contributed by atoms with Gasteiger partial charge in [-0.05, 0) is 24.5 Å². The van der Waals surface area contributed by atoms with Gasteiger partial charge in [0.1, 0.15) is 0 Å². The van der Waals surface area contributed by atoms with Crippen LogP contribution in [-0.2, 0) is 6.42 Å². The van der Waals surface area contributed by atoms with Gasteiger partial charge in [-0.2, -0.15) is 0 Å². The van der Waals surface area contributed by atoms with Crippen LogP contribution in [0.3, 0.4) is 0 Å². The largest absolute Gasteiger partial charge is 0.367 e. The van der Waals surface area contributed by atoms with E-state index in [-0.39, 0.29) is 0 Å². The van der Waals surface area contributed by atoms with Crippen LogP contribution >= 0.6 is 0 Å². The van der Waals surface area contributed by atoms with Gasteiger partial charge in [0.05, 0.1) is 5.69 Å². The molecule has 2 rings (SSSR count). The Kier molecular flexibility index (Phi) is 2.86. The highest BCUT2D eigenvalue weighted by molar-refractivity contribution is 5.86. The first-order valence-corrected chi connectivity index (χ1v) is 5.29. The molecule has 1 heterocycles. The number of benzene rings is 1. The minimum absolute atomic E-state index is 0.800. The first-order valence-electron chi connectivity index (χ1n) is 5.29. The predicted molar refractivity (Wildman–Crippen MR) is 62.6 cm³/mol. The third-order valence-electron chi connectivity index (χ3n) is 2.82. The predicted octanol–water partition coefficient (Wildman–Crippen LogP) is 2.44. The lowest BCUT2D eigenvalue weighted by Gasteiger charge is -2.31. The Hall–Kier alpha value is -1.57. The van der Waals surface area contributed by atoms with Crippen molar-refractivity contribution in [2.45, 2.75) is 12.8 Å². The molecule has 1 aromatic rings. The number of para-hydroxylation sites is 1. The molecule has 0 N–H and O–H groups in total. The summed E-state index contributed by atoms with van der Waals surface area (Å²) in [4.78, 5) is 13.2. The SMILES string of the molecule is C=CCN1CCCc2cccc(C=O)c21. The van der Waals surface area contributed by atoms with Gasteiger partial charge >= 0.3 is 0 Å². The summed E-state index contributed by atoms with van der Waals surface area (Å²) in [6.45, 7) is 5.59. The van der Waals surface area contributed by atoms with E-state index >= 15 is 0 Å². The molecule has 1 aliphatic rings. The van der Waals surface area contributed by atoms with Crippen LogP contribution < -0.4 is 4.90 Å². The Balaban J connectivity index is 2.46. The normalized spacial score (nSPS) is 14.5. The maximum Gasteiger partial charge on any atom is 0.152 e. The smallest absolute Gasteiger partial charge is 0.152 e. The van der Waals surface area contributed by atoms with E-state index in [1.54, 1.807) is 0 Å². The van der Waals surface area contributed by atoms with Gasteiger partial charge in [0.15, 0.2) is 6.29 Å². The topological polar surface area (TPSA) is 20.3 Å². The van der Waals surface area contributed by atoms with E-state index in [1.165, 1.54) is 5.56 Å². The zero-order chi connectivity index (χ0) is 10.7. The Morgan fingerprint density at radius 1 is 1.47 bits per heavy atom. The van der Waals surface area contributed by atoms with E-state index in [9.17, 15) is 4.79 Å². The van der Waals surface area contributed by atoms with Crippen molar-refractivity contribution >= 4 is 12.0 Å². The average molecular weight is 201 g/mol. The minimum Gasteiger partial charge on any atom is -0.367 e. The van der Waals surface area contributed by atoms with Gasteiger partial charge in [-0.25, -0.2) is 0 Å². The molecule has 0 aliphatic carbocycles. The van der Waals surface area contributed by atoms with Gasteiger partial charge in [0, 0.05) is 18.7 Å². The Morgan fingerprint density at radius 2 is 2.33 bits per heavy atom. The van der Waals surface area contributed by atoms with Crippen LogP contribution in [0.1, 0.15) is 22.3 Å². The van der Waals surface area contributed by atoms with Gasteiger partial charge in [-0.1, -0.05) is 18.2 Å². The fraction of sp³-hybridized carbons (Fsp3) is 0.308. The number of rotatable bonds is 3. The van der Waals surface area contributed by atoms with Crippen molar-refractivity contribution in [3.05, 3.63) is 42.0 Å². The van der Waals surface area contributed by atoms with E-state index in [1.807, 2.05) is 18.2 Å². The molecule has 0 atom stereocenters. The molecule has 1 aromatic carbocycles. The van der Waals surface area contributed by atoms with Crippen LogP contribution in [0, 0.1) is 0 Å². The van der Waals surface area contributed by atoms with Crippen LogP contribution in [0.15, 0.2) is 30.9 Å². The number of carbonyl (C=O) groups is 1. The van der Waals surface area contributed by atoms with E-state index in [0.29, 0.717) is 0 Å². The van der Waals surface area contributed by atoms with Gasteiger partial charge in [-0.3, -0.25) is 4.79 Å². The lowest BCUT2D eigenvalue weighted by atomic mass is 9.98. The third-order valence-corrected chi connectivity index (χ3v) is 2.82. The van der Waals surface area contributed by atoms with E-state index in [2.05, 4.69) is 17.5 Å². The molecule has 0 saturated carbocycles. The number of anilines is 1. The summed E-state index contributed by atoms with van der Waals surface area (Å²) in [6.07, 6.45) is 5.06. The molecule has 0 spiro atoms. The zero-order valence-electron chi connectivity index (χ0n) is 8.78. The molecule has 1 aliphatic heterocycles. The Bertz CT molecular complexity index is 384. The summed E-state index contributed by atoms with van der Waals surface area (Å²) in [6, 6.07) is 5.95. The first kappa shape index (κ1) is 9.97. The van der Waals surface area contributed by atoms with Crippen molar-refractivity contribution in [3.63, 3.8) is 0 Å². The van der Waals surface area contributed by atoms with Crippen molar-refractivity contribution in [3.8, 4) is 0 Å². The quantitative estimate of drug-likeness (QED) is 0.553. The highest BCUT2D eigenvalue weighted by atomic mass is 16.1. The number of hydrogen-bond donors (Lipinski definition) is 0. The number of aryl methyl sites for hydroxylation is 1. The number of aldehydes is 1. The van der Waals surface area contributed by atoms with Crippen molar-refractivity contribution in [2.75, 3.05) is 18.0 Å². The van der Waals surface area contributed by atoms with Crippen LogP contribution in [0.5, 0.6) is 0 Å². The molecule has 0 fully saturated rings. The van der Waals surface area contributed by atoms with Crippen molar-refractivity contribution in [1.82, 2.24) is 0 Å². The lowest BCUT2D eigenvalue weighted by molar-refractivity contribution is 0.112. The average Bonchev–Trinajstić information content (AvgIpc) is 2.29. The van der Waals surface area contributed by atoms with Gasteiger partial charge in [-0.15, -0.1) is 6.58 Å². The second-order valence-electron chi connectivity index (χ2n) is 3.81. The summed E-state index contributed by atoms with van der Waals surface area (Å²) in [5.74, 6) is 0. The van der Waals surface area contributed by atoms with Crippen molar-refractivity contribution in [2.24, 2.45) is 0 Å². The van der Waals surface area contributed by atoms with Gasteiger partial charge < -0.3 is 4.90 Å². The number of fused-ring (bicyclic) bond motifs is 1. The summed E-state index contributed by atoms with van der Waals surface area (Å²) in [7, 11) is 0. The maximum atomic E-state index is 11.0. The summed E-state index contributed by atoms with van der Waals surface area (Å²) in [5.41, 5.74) is 3.19. The van der Waals surface area contributed by atoms with E-state index < -0.39 is 0 Å². The van der Waals surface area contributed by atoms with Gasteiger partial charge in [0.25, 0.3) is 0 Å². The molecule has 2 heteroatoms. The van der Waals surface area contributed by atoms with E-state index in [0.717, 1.165) is 43.5 Å². The van der Waals surface area contributed by atoms with E-state index in [4.69, 9.17) is 0 Å². The maximum absolute atomic E-state index is 11.0. The molecule has 0 saturated heterocycles. The standard InChI is InChI=1S/C13H15NO/c1-2-8-14-9-4-7-11-5-3-6-12(10-15)13(11)14/h2-3,5-6,10H,1,4,7-9H2. The Morgan fingerprint density at radius 3 is 3.07 bits per heavy atom. The molecule has 15 heavy (non-hydrogen) atoms.